The van der Waals surface area contributed by atoms with Crippen LogP contribution in [0.2, 0.25) is 10.0 Å². The van der Waals surface area contributed by atoms with Crippen molar-refractivity contribution >= 4 is 50.9 Å². The van der Waals surface area contributed by atoms with E-state index < -0.39 is 0 Å². The van der Waals surface area contributed by atoms with E-state index in [0.29, 0.717) is 26.9 Å². The van der Waals surface area contributed by atoms with E-state index in [-0.39, 0.29) is 0 Å². The topological polar surface area (TPSA) is 38.9 Å². The van der Waals surface area contributed by atoms with Crippen LogP contribution in [0.3, 0.4) is 0 Å². The van der Waals surface area contributed by atoms with Gasteiger partial charge in [0.25, 0.3) is 5.22 Å². The maximum Gasteiger partial charge on any atom is 0.277 e. The number of halogens is 3. The van der Waals surface area contributed by atoms with E-state index in [0.717, 1.165) is 15.6 Å². The van der Waals surface area contributed by atoms with Crippen LogP contribution in [0.25, 0.3) is 11.5 Å². The number of nitrogens with zero attached hydrogens (tertiary/aromatic N) is 2. The average Bonchev–Trinajstić information content (AvgIpc) is 2.96. The van der Waals surface area contributed by atoms with Crippen molar-refractivity contribution < 1.29 is 4.42 Å². The summed E-state index contributed by atoms with van der Waals surface area (Å²) in [5.74, 6) is 1.06. The molecule has 3 rings (SSSR count). The van der Waals surface area contributed by atoms with Gasteiger partial charge >= 0.3 is 0 Å². The standard InChI is InChI=1S/C15H9BrCl2N2OS/c16-10-6-4-9(5-7-10)14-19-20-15(21-14)22-8-11-12(17)2-1-3-13(11)18/h1-7H,8H2. The van der Waals surface area contributed by atoms with Crippen molar-refractivity contribution in [2.24, 2.45) is 0 Å². The Kier molecular flexibility index (Phi) is 5.08. The third kappa shape index (κ3) is 3.66. The van der Waals surface area contributed by atoms with E-state index >= 15 is 0 Å². The fourth-order valence-electron chi connectivity index (χ4n) is 1.78. The maximum atomic E-state index is 6.14. The van der Waals surface area contributed by atoms with E-state index in [1.54, 1.807) is 0 Å². The van der Waals surface area contributed by atoms with Crippen LogP contribution in [0.15, 0.2) is 56.6 Å². The molecule has 0 atom stereocenters. The Morgan fingerprint density at radius 2 is 1.68 bits per heavy atom. The number of hydrogen-bond donors (Lipinski definition) is 0. The molecule has 0 N–H and O–H groups in total. The molecule has 0 aliphatic heterocycles. The predicted octanol–water partition coefficient (Wildman–Crippen LogP) is 6.10. The normalized spacial score (nSPS) is 10.9. The van der Waals surface area contributed by atoms with E-state index in [1.807, 2.05) is 42.5 Å². The SMILES string of the molecule is Clc1cccc(Cl)c1CSc1nnc(-c2ccc(Br)cc2)o1. The first-order chi connectivity index (χ1) is 10.6. The first-order valence-corrected chi connectivity index (χ1v) is 8.82. The predicted molar refractivity (Wildman–Crippen MR) is 93.5 cm³/mol. The zero-order chi connectivity index (χ0) is 15.5. The van der Waals surface area contributed by atoms with Crippen LogP contribution in [0, 0.1) is 0 Å². The number of hydrogen-bond acceptors (Lipinski definition) is 4. The van der Waals surface area contributed by atoms with E-state index in [2.05, 4.69) is 26.1 Å². The van der Waals surface area contributed by atoms with Gasteiger partial charge in [-0.2, -0.15) is 0 Å². The molecule has 3 nitrogen and oxygen atoms in total. The zero-order valence-electron chi connectivity index (χ0n) is 11.1. The van der Waals surface area contributed by atoms with Gasteiger partial charge in [0, 0.05) is 25.8 Å². The minimum atomic E-state index is 0.480. The van der Waals surface area contributed by atoms with Crippen molar-refractivity contribution in [2.75, 3.05) is 0 Å². The molecule has 3 aromatic rings. The average molecular weight is 416 g/mol. The van der Waals surface area contributed by atoms with Crippen LogP contribution in [0.5, 0.6) is 0 Å². The third-order valence-corrected chi connectivity index (χ3v) is 4.98. The molecule has 0 amide bonds. The summed E-state index contributed by atoms with van der Waals surface area (Å²) < 4.78 is 6.65. The summed E-state index contributed by atoms with van der Waals surface area (Å²) in [6, 6.07) is 13.1. The van der Waals surface area contributed by atoms with E-state index in [9.17, 15) is 0 Å². The molecule has 0 aliphatic rings. The van der Waals surface area contributed by atoms with Crippen LogP contribution in [0.1, 0.15) is 5.56 Å². The molecule has 1 aromatic heterocycles. The smallest absolute Gasteiger partial charge is 0.277 e. The van der Waals surface area contributed by atoms with Crippen molar-refractivity contribution in [3.63, 3.8) is 0 Å². The first kappa shape index (κ1) is 15.9. The van der Waals surface area contributed by atoms with Crippen LogP contribution in [-0.2, 0) is 5.75 Å². The van der Waals surface area contributed by atoms with Crippen molar-refractivity contribution in [2.45, 2.75) is 11.0 Å². The number of aromatic nitrogens is 2. The van der Waals surface area contributed by atoms with Crippen molar-refractivity contribution in [3.05, 3.63) is 62.5 Å². The van der Waals surface area contributed by atoms with Crippen LogP contribution in [0.4, 0.5) is 0 Å². The summed E-state index contributed by atoms with van der Waals surface area (Å²) in [6.07, 6.45) is 0. The fraction of sp³-hybridized carbons (Fsp3) is 0.0667. The molecule has 1 heterocycles. The van der Waals surface area contributed by atoms with Crippen molar-refractivity contribution in [1.29, 1.82) is 0 Å². The van der Waals surface area contributed by atoms with Gasteiger partial charge in [-0.1, -0.05) is 57.0 Å². The largest absolute Gasteiger partial charge is 0.411 e. The highest BCUT2D eigenvalue weighted by molar-refractivity contribution is 9.10. The molecule has 0 saturated heterocycles. The quantitative estimate of drug-likeness (QED) is 0.482. The second kappa shape index (κ2) is 7.04. The Labute approximate surface area is 150 Å². The van der Waals surface area contributed by atoms with Gasteiger partial charge in [-0.05, 0) is 42.0 Å². The molecule has 112 valence electrons. The molecular weight excluding hydrogens is 407 g/mol. The molecule has 0 bridgehead atoms. The van der Waals surface area contributed by atoms with Gasteiger partial charge in [-0.15, -0.1) is 10.2 Å². The molecule has 0 saturated carbocycles. The van der Waals surface area contributed by atoms with Gasteiger partial charge < -0.3 is 4.42 Å². The molecule has 0 aliphatic carbocycles. The molecule has 0 fully saturated rings. The summed E-state index contributed by atoms with van der Waals surface area (Å²) in [7, 11) is 0. The Hall–Kier alpha value is -1.01. The lowest BCUT2D eigenvalue weighted by molar-refractivity contribution is 0.466. The van der Waals surface area contributed by atoms with Gasteiger partial charge in [0.1, 0.15) is 0 Å². The summed E-state index contributed by atoms with van der Waals surface area (Å²) in [5.41, 5.74) is 1.73. The Balaban J connectivity index is 1.73. The minimum absolute atomic E-state index is 0.480. The van der Waals surface area contributed by atoms with Gasteiger partial charge in [-0.25, -0.2) is 0 Å². The Morgan fingerprint density at radius 1 is 1.00 bits per heavy atom. The van der Waals surface area contributed by atoms with Gasteiger partial charge in [0.2, 0.25) is 5.89 Å². The van der Waals surface area contributed by atoms with Crippen molar-refractivity contribution in [3.8, 4) is 11.5 Å². The highest BCUT2D eigenvalue weighted by Crippen LogP contribution is 2.32. The van der Waals surface area contributed by atoms with Gasteiger partial charge in [-0.3, -0.25) is 0 Å². The second-order valence-electron chi connectivity index (χ2n) is 4.37. The van der Waals surface area contributed by atoms with Crippen LogP contribution >= 0.6 is 50.9 Å². The molecule has 0 unspecified atom stereocenters. The molecule has 0 radical (unpaired) electrons. The van der Waals surface area contributed by atoms with E-state index in [1.165, 1.54) is 11.8 Å². The van der Waals surface area contributed by atoms with E-state index in [4.69, 9.17) is 27.6 Å². The second-order valence-corrected chi connectivity index (χ2v) is 7.03. The van der Waals surface area contributed by atoms with Crippen molar-refractivity contribution in [1.82, 2.24) is 10.2 Å². The number of rotatable bonds is 4. The first-order valence-electron chi connectivity index (χ1n) is 6.28. The molecule has 7 heteroatoms. The highest BCUT2D eigenvalue weighted by atomic mass is 79.9. The summed E-state index contributed by atoms with van der Waals surface area (Å²) in [5, 5.41) is 9.84. The summed E-state index contributed by atoms with van der Waals surface area (Å²) >= 11 is 17.1. The third-order valence-electron chi connectivity index (χ3n) is 2.90. The molecule has 22 heavy (non-hydrogen) atoms. The fourth-order valence-corrected chi connectivity index (χ4v) is 3.55. The molecular formula is C15H9BrCl2N2OS. The lowest BCUT2D eigenvalue weighted by Crippen LogP contribution is -1.84. The van der Waals surface area contributed by atoms with Gasteiger partial charge in [0.05, 0.1) is 0 Å². The molecule has 2 aromatic carbocycles. The number of thioether (sulfide) groups is 1. The van der Waals surface area contributed by atoms with Crippen LogP contribution < -0.4 is 0 Å². The monoisotopic (exact) mass is 414 g/mol. The summed E-state index contributed by atoms with van der Waals surface area (Å²) in [4.78, 5) is 0. The maximum absolute atomic E-state index is 6.14. The number of benzene rings is 2. The minimum Gasteiger partial charge on any atom is -0.411 e. The highest BCUT2D eigenvalue weighted by Gasteiger charge is 2.11. The zero-order valence-corrected chi connectivity index (χ0v) is 15.0. The Morgan fingerprint density at radius 3 is 2.36 bits per heavy atom. The van der Waals surface area contributed by atoms with Crippen LogP contribution in [-0.4, -0.2) is 10.2 Å². The summed E-state index contributed by atoms with van der Waals surface area (Å²) in [6.45, 7) is 0. The Bertz CT molecular complexity index is 772. The lowest BCUT2D eigenvalue weighted by Gasteiger charge is -2.04. The van der Waals surface area contributed by atoms with Gasteiger partial charge in [0.15, 0.2) is 0 Å². The molecule has 0 spiro atoms. The lowest BCUT2D eigenvalue weighted by atomic mass is 10.2.